The maximum absolute atomic E-state index is 12.3. The fourth-order valence-corrected chi connectivity index (χ4v) is 3.24. The lowest BCUT2D eigenvalue weighted by molar-refractivity contribution is -0.144. The lowest BCUT2D eigenvalue weighted by Gasteiger charge is -2.22. The molecule has 1 aromatic carbocycles. The molecule has 0 radical (unpaired) electrons. The molecule has 1 aliphatic heterocycles. The Balaban J connectivity index is 1.70. The number of nitrogens with one attached hydrogen (secondary N) is 1. The fraction of sp³-hybridized carbons (Fsp3) is 0.312. The minimum absolute atomic E-state index is 0.0188. The van der Waals surface area contributed by atoms with E-state index in [4.69, 9.17) is 4.74 Å². The minimum Gasteiger partial charge on any atom is -0.479 e. The molecule has 23 heavy (non-hydrogen) atoms. The Morgan fingerprint density at radius 3 is 2.78 bits per heavy atom. The number of carboxylic acid groups (broad SMARTS) is 1. The zero-order chi connectivity index (χ0) is 16.3. The molecule has 120 valence electrons. The molecule has 6 nitrogen and oxygen atoms in total. The Labute approximate surface area is 137 Å². The van der Waals surface area contributed by atoms with Gasteiger partial charge in [-0.1, -0.05) is 30.3 Å². The Bertz CT molecular complexity index is 708. The van der Waals surface area contributed by atoms with E-state index in [2.05, 4.69) is 10.3 Å². The van der Waals surface area contributed by atoms with E-state index in [-0.39, 0.29) is 18.7 Å². The van der Waals surface area contributed by atoms with Crippen LogP contribution in [0.25, 0.3) is 0 Å². The van der Waals surface area contributed by atoms with E-state index in [0.29, 0.717) is 13.0 Å². The van der Waals surface area contributed by atoms with Crippen LogP contribution in [0.4, 0.5) is 0 Å². The van der Waals surface area contributed by atoms with Crippen LogP contribution in [0.5, 0.6) is 0 Å². The number of carboxylic acids is 1. The topological polar surface area (TPSA) is 88.5 Å². The number of thiazole rings is 1. The van der Waals surface area contributed by atoms with Crippen LogP contribution in [-0.4, -0.2) is 40.7 Å². The summed E-state index contributed by atoms with van der Waals surface area (Å²) in [5.41, 5.74) is 0.00813. The molecule has 3 rings (SSSR count). The van der Waals surface area contributed by atoms with Crippen LogP contribution in [0.15, 0.2) is 35.7 Å². The van der Waals surface area contributed by atoms with Gasteiger partial charge in [0.05, 0.1) is 11.6 Å². The average Bonchev–Trinajstić information content (AvgIpc) is 3.18. The molecule has 0 spiro atoms. The summed E-state index contributed by atoms with van der Waals surface area (Å²) < 4.78 is 5.13. The molecule has 1 unspecified atom stereocenters. The maximum Gasteiger partial charge on any atom is 0.331 e. The fourth-order valence-electron chi connectivity index (χ4n) is 2.43. The summed E-state index contributed by atoms with van der Waals surface area (Å²) in [6.07, 6.45) is 0.904. The number of nitrogens with zero attached hydrogens (tertiary/aromatic N) is 1. The normalized spacial score (nSPS) is 20.3. The predicted molar refractivity (Wildman–Crippen MR) is 84.6 cm³/mol. The van der Waals surface area contributed by atoms with Crippen LogP contribution in [0.2, 0.25) is 0 Å². The highest BCUT2D eigenvalue weighted by molar-refractivity contribution is 7.09. The monoisotopic (exact) mass is 332 g/mol. The quantitative estimate of drug-likeness (QED) is 0.870. The largest absolute Gasteiger partial charge is 0.479 e. The van der Waals surface area contributed by atoms with E-state index >= 15 is 0 Å². The molecule has 1 amide bonds. The van der Waals surface area contributed by atoms with Gasteiger partial charge in [0.25, 0.3) is 5.91 Å². The van der Waals surface area contributed by atoms with Crippen LogP contribution in [0, 0.1) is 0 Å². The van der Waals surface area contributed by atoms with Crippen molar-refractivity contribution in [3.63, 3.8) is 0 Å². The van der Waals surface area contributed by atoms with Gasteiger partial charge in [-0.3, -0.25) is 4.79 Å². The molecule has 2 heterocycles. The van der Waals surface area contributed by atoms with Gasteiger partial charge in [-0.15, -0.1) is 11.3 Å². The third-order valence-electron chi connectivity index (χ3n) is 3.77. The van der Waals surface area contributed by atoms with Crippen molar-refractivity contribution in [1.82, 2.24) is 10.3 Å². The predicted octanol–water partition coefficient (Wildman–Crippen LogP) is 1.71. The van der Waals surface area contributed by atoms with E-state index in [1.54, 1.807) is 5.38 Å². The number of aliphatic carboxylic acids is 1. The zero-order valence-electron chi connectivity index (χ0n) is 12.3. The molecule has 1 atom stereocenters. The highest BCUT2D eigenvalue weighted by atomic mass is 32.1. The Morgan fingerprint density at radius 1 is 1.35 bits per heavy atom. The molecule has 0 bridgehead atoms. The molecule has 1 aliphatic rings. The van der Waals surface area contributed by atoms with Crippen molar-refractivity contribution < 1.29 is 19.4 Å². The molecule has 1 saturated heterocycles. The van der Waals surface area contributed by atoms with E-state index in [0.717, 1.165) is 10.6 Å². The van der Waals surface area contributed by atoms with E-state index < -0.39 is 17.4 Å². The molecule has 0 saturated carbocycles. The summed E-state index contributed by atoms with van der Waals surface area (Å²) in [7, 11) is 0. The molecule has 7 heteroatoms. The highest BCUT2D eigenvalue weighted by Crippen LogP contribution is 2.21. The van der Waals surface area contributed by atoms with E-state index in [1.807, 2.05) is 30.3 Å². The first kappa shape index (κ1) is 15.6. The van der Waals surface area contributed by atoms with Gasteiger partial charge in [0.1, 0.15) is 5.69 Å². The lowest BCUT2D eigenvalue weighted by atomic mass is 9.99. The van der Waals surface area contributed by atoms with Crippen LogP contribution in [0.1, 0.15) is 27.5 Å². The third kappa shape index (κ3) is 3.40. The first-order valence-electron chi connectivity index (χ1n) is 7.21. The van der Waals surface area contributed by atoms with Crippen molar-refractivity contribution in [2.75, 3.05) is 13.2 Å². The number of carbonyl (C=O) groups is 2. The van der Waals surface area contributed by atoms with Gasteiger partial charge < -0.3 is 15.2 Å². The van der Waals surface area contributed by atoms with Crippen LogP contribution in [-0.2, 0) is 16.0 Å². The minimum atomic E-state index is -1.35. The molecule has 2 aromatic rings. The molecule has 1 fully saturated rings. The number of benzene rings is 1. The van der Waals surface area contributed by atoms with Crippen molar-refractivity contribution >= 4 is 23.2 Å². The number of ether oxygens (including phenoxy) is 1. The molecular weight excluding hydrogens is 316 g/mol. The first-order valence-corrected chi connectivity index (χ1v) is 8.09. The van der Waals surface area contributed by atoms with E-state index in [9.17, 15) is 14.7 Å². The van der Waals surface area contributed by atoms with Gasteiger partial charge in [0.15, 0.2) is 5.54 Å². The SMILES string of the molecule is O=C(NC1(C(=O)O)CCOC1)c1csc(Cc2ccccc2)n1. The zero-order valence-corrected chi connectivity index (χ0v) is 13.1. The summed E-state index contributed by atoms with van der Waals surface area (Å²) >= 11 is 1.39. The number of amides is 1. The van der Waals surface area contributed by atoms with Crippen LogP contribution >= 0.6 is 11.3 Å². The van der Waals surface area contributed by atoms with Gasteiger partial charge in [0.2, 0.25) is 0 Å². The number of hydrogen-bond acceptors (Lipinski definition) is 5. The Hall–Kier alpha value is -2.25. The molecular formula is C16H16N2O4S. The number of hydrogen-bond donors (Lipinski definition) is 2. The van der Waals surface area contributed by atoms with Gasteiger partial charge in [-0.25, -0.2) is 9.78 Å². The van der Waals surface area contributed by atoms with Crippen molar-refractivity contribution in [2.24, 2.45) is 0 Å². The first-order chi connectivity index (χ1) is 11.1. The summed E-state index contributed by atoms with van der Waals surface area (Å²) in [6.45, 7) is 0.304. The second-order valence-corrected chi connectivity index (χ2v) is 6.38. The third-order valence-corrected chi connectivity index (χ3v) is 4.62. The second-order valence-electron chi connectivity index (χ2n) is 5.43. The molecule has 2 N–H and O–H groups in total. The van der Waals surface area contributed by atoms with Crippen molar-refractivity contribution in [2.45, 2.75) is 18.4 Å². The molecule has 1 aromatic heterocycles. The second kappa shape index (κ2) is 6.47. The number of rotatable bonds is 5. The Kier molecular flexibility index (Phi) is 4.40. The standard InChI is InChI=1S/C16H16N2O4S/c19-14(18-16(15(20)21)6-7-22-10-16)12-9-23-13(17-12)8-11-4-2-1-3-5-11/h1-5,9H,6-8,10H2,(H,18,19)(H,20,21). The Morgan fingerprint density at radius 2 is 2.13 bits per heavy atom. The number of carbonyl (C=O) groups excluding carboxylic acids is 1. The van der Waals surface area contributed by atoms with Crippen LogP contribution < -0.4 is 5.32 Å². The summed E-state index contributed by atoms with van der Waals surface area (Å²) in [5.74, 6) is -1.56. The summed E-state index contributed by atoms with van der Waals surface area (Å²) in [5, 5.41) is 14.4. The van der Waals surface area contributed by atoms with Gasteiger partial charge in [-0.05, 0) is 5.56 Å². The van der Waals surface area contributed by atoms with Crippen LogP contribution in [0.3, 0.4) is 0 Å². The van der Waals surface area contributed by atoms with Crippen molar-refractivity contribution in [3.05, 3.63) is 52.0 Å². The average molecular weight is 332 g/mol. The van der Waals surface area contributed by atoms with E-state index in [1.165, 1.54) is 11.3 Å². The summed E-state index contributed by atoms with van der Waals surface area (Å²) in [6, 6.07) is 9.84. The maximum atomic E-state index is 12.3. The smallest absolute Gasteiger partial charge is 0.331 e. The summed E-state index contributed by atoms with van der Waals surface area (Å²) in [4.78, 5) is 28.0. The molecule has 0 aliphatic carbocycles. The van der Waals surface area contributed by atoms with Gasteiger partial charge >= 0.3 is 5.97 Å². The number of aromatic nitrogens is 1. The van der Waals surface area contributed by atoms with Gasteiger partial charge in [0, 0.05) is 24.8 Å². The van der Waals surface area contributed by atoms with Gasteiger partial charge in [-0.2, -0.15) is 0 Å². The van der Waals surface area contributed by atoms with Crippen molar-refractivity contribution in [3.8, 4) is 0 Å². The van der Waals surface area contributed by atoms with Crippen molar-refractivity contribution in [1.29, 1.82) is 0 Å². The highest BCUT2D eigenvalue weighted by Gasteiger charge is 2.44. The lowest BCUT2D eigenvalue weighted by Crippen LogP contribution is -2.55.